The first kappa shape index (κ1) is 13.4. The van der Waals surface area contributed by atoms with E-state index >= 15 is 0 Å². The van der Waals surface area contributed by atoms with E-state index in [0.29, 0.717) is 11.5 Å². The number of nitrogens with one attached hydrogen (secondary N) is 1. The Morgan fingerprint density at radius 2 is 2.00 bits per heavy atom. The van der Waals surface area contributed by atoms with Gasteiger partial charge in [-0.1, -0.05) is 18.2 Å². The molecular formula is C16H16N2O3. The quantitative estimate of drug-likeness (QED) is 0.937. The molecule has 0 spiro atoms. The molecule has 1 aliphatic rings. The first-order chi connectivity index (χ1) is 10.2. The summed E-state index contributed by atoms with van der Waals surface area (Å²) in [4.78, 5) is 16.5. The summed E-state index contributed by atoms with van der Waals surface area (Å²) in [6.07, 6.45) is 1.06. The second-order valence-electron chi connectivity index (χ2n) is 4.85. The monoisotopic (exact) mass is 284 g/mol. The number of hydrogen-bond donors (Lipinski definition) is 1. The Morgan fingerprint density at radius 3 is 2.76 bits per heavy atom. The molecule has 0 aliphatic carbocycles. The maximum atomic E-state index is 12.2. The number of carbonyl (C=O) groups is 1. The summed E-state index contributed by atoms with van der Waals surface area (Å²) < 4.78 is 11.2. The summed E-state index contributed by atoms with van der Waals surface area (Å²) in [5.41, 5.74) is 0.808. The highest BCUT2D eigenvalue weighted by Gasteiger charge is 2.28. The van der Waals surface area contributed by atoms with Crippen LogP contribution in [0.5, 0.6) is 11.5 Å². The number of fused-ring (bicyclic) bond motifs is 1. The zero-order chi connectivity index (χ0) is 14.7. The van der Waals surface area contributed by atoms with Gasteiger partial charge >= 0.3 is 0 Å². The molecule has 5 nitrogen and oxygen atoms in total. The maximum absolute atomic E-state index is 12.2. The van der Waals surface area contributed by atoms with Gasteiger partial charge in [-0.3, -0.25) is 9.78 Å². The molecule has 108 valence electrons. The van der Waals surface area contributed by atoms with Crippen LogP contribution >= 0.6 is 0 Å². The van der Waals surface area contributed by atoms with Gasteiger partial charge in [-0.15, -0.1) is 0 Å². The van der Waals surface area contributed by atoms with Gasteiger partial charge in [0.1, 0.15) is 6.61 Å². The molecule has 5 heteroatoms. The van der Waals surface area contributed by atoms with Crippen molar-refractivity contribution in [1.29, 1.82) is 0 Å². The SMILES string of the molecule is C[C@H](NC(=O)[C@@H]1COc2ccccc2O1)c1ccccn1. The number of pyridine rings is 1. The topological polar surface area (TPSA) is 60.5 Å². The number of hydrogen-bond acceptors (Lipinski definition) is 4. The fourth-order valence-corrected chi connectivity index (χ4v) is 2.16. The van der Waals surface area contributed by atoms with Crippen LogP contribution in [-0.2, 0) is 4.79 Å². The molecule has 1 aromatic carbocycles. The third-order valence-electron chi connectivity index (χ3n) is 3.29. The lowest BCUT2D eigenvalue weighted by Crippen LogP contribution is -2.44. The van der Waals surface area contributed by atoms with Crippen LogP contribution in [0.15, 0.2) is 48.7 Å². The van der Waals surface area contributed by atoms with Gasteiger partial charge in [-0.2, -0.15) is 0 Å². The summed E-state index contributed by atoms with van der Waals surface area (Å²) in [7, 11) is 0. The first-order valence-electron chi connectivity index (χ1n) is 6.84. The van der Waals surface area contributed by atoms with E-state index in [0.717, 1.165) is 5.69 Å². The lowest BCUT2D eigenvalue weighted by Gasteiger charge is -2.26. The Hall–Kier alpha value is -2.56. The van der Waals surface area contributed by atoms with Crippen molar-refractivity contribution >= 4 is 5.91 Å². The highest BCUT2D eigenvalue weighted by Crippen LogP contribution is 2.30. The van der Waals surface area contributed by atoms with Crippen LogP contribution in [0.4, 0.5) is 0 Å². The van der Waals surface area contributed by atoms with Crippen LogP contribution in [0, 0.1) is 0 Å². The van der Waals surface area contributed by atoms with Gasteiger partial charge in [-0.05, 0) is 31.2 Å². The second-order valence-corrected chi connectivity index (χ2v) is 4.85. The van der Waals surface area contributed by atoms with Crippen molar-refractivity contribution in [3.05, 3.63) is 54.4 Å². The number of benzene rings is 1. The van der Waals surface area contributed by atoms with Gasteiger partial charge in [-0.25, -0.2) is 0 Å². The molecule has 0 fully saturated rings. The van der Waals surface area contributed by atoms with Crippen LogP contribution in [0.3, 0.4) is 0 Å². The fourth-order valence-electron chi connectivity index (χ4n) is 2.16. The van der Waals surface area contributed by atoms with E-state index < -0.39 is 6.10 Å². The van der Waals surface area contributed by atoms with Crippen molar-refractivity contribution in [1.82, 2.24) is 10.3 Å². The van der Waals surface area contributed by atoms with E-state index in [1.807, 2.05) is 43.3 Å². The standard InChI is InChI=1S/C16H16N2O3/c1-11(12-6-4-5-9-17-12)18-16(19)15-10-20-13-7-2-3-8-14(13)21-15/h2-9,11,15H,10H2,1H3,(H,18,19)/t11-,15-/m0/s1. The molecule has 1 aromatic heterocycles. The van der Waals surface area contributed by atoms with E-state index in [1.54, 1.807) is 12.3 Å². The predicted molar refractivity (Wildman–Crippen MR) is 77.1 cm³/mol. The van der Waals surface area contributed by atoms with Gasteiger partial charge in [0, 0.05) is 6.20 Å². The maximum Gasteiger partial charge on any atom is 0.265 e. The molecule has 2 atom stereocenters. The first-order valence-corrected chi connectivity index (χ1v) is 6.84. The number of aromatic nitrogens is 1. The van der Waals surface area contributed by atoms with Gasteiger partial charge in [0.25, 0.3) is 5.91 Å². The highest BCUT2D eigenvalue weighted by molar-refractivity contribution is 5.82. The molecule has 0 bridgehead atoms. The largest absolute Gasteiger partial charge is 0.485 e. The summed E-state index contributed by atoms with van der Waals surface area (Å²) in [6.45, 7) is 2.09. The molecule has 0 saturated heterocycles. The molecule has 0 radical (unpaired) electrons. The average molecular weight is 284 g/mol. The summed E-state index contributed by atoms with van der Waals surface area (Å²) in [5.74, 6) is 1.05. The van der Waals surface area contributed by atoms with Crippen molar-refractivity contribution in [3.8, 4) is 11.5 Å². The second kappa shape index (κ2) is 5.83. The van der Waals surface area contributed by atoms with Crippen LogP contribution in [0.25, 0.3) is 0 Å². The Morgan fingerprint density at radius 1 is 1.24 bits per heavy atom. The van der Waals surface area contributed by atoms with Crippen molar-refractivity contribution in [2.45, 2.75) is 19.1 Å². The molecular weight excluding hydrogens is 268 g/mol. The third-order valence-corrected chi connectivity index (χ3v) is 3.29. The molecule has 0 saturated carbocycles. The van der Waals surface area contributed by atoms with Crippen molar-refractivity contribution < 1.29 is 14.3 Å². The minimum absolute atomic E-state index is 0.181. The van der Waals surface area contributed by atoms with Crippen molar-refractivity contribution in [2.75, 3.05) is 6.61 Å². The van der Waals surface area contributed by atoms with Gasteiger partial charge < -0.3 is 14.8 Å². The van der Waals surface area contributed by atoms with E-state index in [9.17, 15) is 4.79 Å². The lowest BCUT2D eigenvalue weighted by molar-refractivity contribution is -0.131. The van der Waals surface area contributed by atoms with E-state index in [-0.39, 0.29) is 18.6 Å². The zero-order valence-corrected chi connectivity index (χ0v) is 11.7. The molecule has 1 N–H and O–H groups in total. The number of ether oxygens (including phenoxy) is 2. The van der Waals surface area contributed by atoms with Crippen LogP contribution < -0.4 is 14.8 Å². The fraction of sp³-hybridized carbons (Fsp3) is 0.250. The van der Waals surface area contributed by atoms with Crippen LogP contribution in [-0.4, -0.2) is 23.6 Å². The number of carbonyl (C=O) groups excluding carboxylic acids is 1. The molecule has 2 aromatic rings. The van der Waals surface area contributed by atoms with Crippen molar-refractivity contribution in [2.24, 2.45) is 0 Å². The predicted octanol–water partition coefficient (Wildman–Crippen LogP) is 2.10. The number of nitrogens with zero attached hydrogens (tertiary/aromatic N) is 1. The molecule has 1 aliphatic heterocycles. The highest BCUT2D eigenvalue weighted by atomic mass is 16.6. The third kappa shape index (κ3) is 2.97. The van der Waals surface area contributed by atoms with E-state index in [2.05, 4.69) is 10.3 Å². The smallest absolute Gasteiger partial charge is 0.265 e. The number of amides is 1. The number of rotatable bonds is 3. The molecule has 0 unspecified atom stereocenters. The summed E-state index contributed by atoms with van der Waals surface area (Å²) >= 11 is 0. The van der Waals surface area contributed by atoms with Crippen LogP contribution in [0.2, 0.25) is 0 Å². The summed E-state index contributed by atoms with van der Waals surface area (Å²) in [5, 5.41) is 2.89. The minimum atomic E-state index is -0.647. The average Bonchev–Trinajstić information content (AvgIpc) is 2.55. The molecule has 3 rings (SSSR count). The normalized spacial score (nSPS) is 17.9. The Kier molecular flexibility index (Phi) is 3.73. The minimum Gasteiger partial charge on any atom is -0.485 e. The van der Waals surface area contributed by atoms with Gasteiger partial charge in [0.05, 0.1) is 11.7 Å². The molecule has 21 heavy (non-hydrogen) atoms. The Balaban J connectivity index is 1.65. The summed E-state index contributed by atoms with van der Waals surface area (Å²) in [6, 6.07) is 12.7. The lowest BCUT2D eigenvalue weighted by atomic mass is 10.2. The number of para-hydroxylation sites is 2. The Labute approximate surface area is 122 Å². The van der Waals surface area contributed by atoms with Crippen LogP contribution in [0.1, 0.15) is 18.7 Å². The molecule has 2 heterocycles. The van der Waals surface area contributed by atoms with E-state index in [4.69, 9.17) is 9.47 Å². The molecule has 1 amide bonds. The van der Waals surface area contributed by atoms with Gasteiger partial charge in [0.2, 0.25) is 6.10 Å². The zero-order valence-electron chi connectivity index (χ0n) is 11.7. The Bertz CT molecular complexity index is 630. The van der Waals surface area contributed by atoms with E-state index in [1.165, 1.54) is 0 Å². The van der Waals surface area contributed by atoms with Gasteiger partial charge in [0.15, 0.2) is 11.5 Å². The van der Waals surface area contributed by atoms with Crippen molar-refractivity contribution in [3.63, 3.8) is 0 Å².